The second-order valence-electron chi connectivity index (χ2n) is 2.01. The predicted molar refractivity (Wildman–Crippen MR) is 37.2 cm³/mol. The number of hydrogen-bond donors (Lipinski definition) is 1. The molecule has 0 saturated carbocycles. The quantitative estimate of drug-likeness (QED) is 0.442. The van der Waals surface area contributed by atoms with Gasteiger partial charge < -0.3 is 0 Å². The summed E-state index contributed by atoms with van der Waals surface area (Å²) in [4.78, 5) is 20.7. The van der Waals surface area contributed by atoms with Gasteiger partial charge in [-0.3, -0.25) is 4.79 Å². The van der Waals surface area contributed by atoms with E-state index in [1.807, 2.05) is 5.43 Å². The van der Waals surface area contributed by atoms with Gasteiger partial charge in [0.15, 0.2) is 16.9 Å². The van der Waals surface area contributed by atoms with Crippen molar-refractivity contribution in [2.45, 2.75) is 6.04 Å². The molecule has 0 bridgehead atoms. The summed E-state index contributed by atoms with van der Waals surface area (Å²) >= 11 is 0. The molecule has 0 aromatic rings. The van der Waals surface area contributed by atoms with E-state index < -0.39 is 11.1 Å². The van der Waals surface area contributed by atoms with E-state index in [1.165, 1.54) is 12.2 Å². The highest BCUT2D eigenvalue weighted by atomic mass is 16.7. The van der Waals surface area contributed by atoms with E-state index in [9.17, 15) is 14.9 Å². The Morgan fingerprint density at radius 3 is 2.82 bits per heavy atom. The van der Waals surface area contributed by atoms with Crippen molar-refractivity contribution in [3.63, 3.8) is 0 Å². The topological polar surface area (TPSA) is 72.2 Å². The number of nitrogens with zero attached hydrogens (tertiary/aromatic N) is 1. The van der Waals surface area contributed by atoms with E-state index >= 15 is 0 Å². The summed E-state index contributed by atoms with van der Waals surface area (Å²) in [6.07, 6.45) is 5.86. The lowest BCUT2D eigenvalue weighted by Crippen LogP contribution is -2.38. The molecule has 0 aliphatic heterocycles. The summed E-state index contributed by atoms with van der Waals surface area (Å²) in [6.45, 7) is 0. The molecule has 0 spiro atoms. The van der Waals surface area contributed by atoms with Crippen LogP contribution in [0.4, 0.5) is 0 Å². The number of allylic oxidation sites excluding steroid dienone is 2. The molecule has 0 aromatic carbocycles. The Morgan fingerprint density at radius 1 is 1.55 bits per heavy atom. The molecule has 1 unspecified atom stereocenters. The van der Waals surface area contributed by atoms with Gasteiger partial charge in [0.25, 0.3) is 0 Å². The van der Waals surface area contributed by atoms with E-state index in [2.05, 4.69) is 0 Å². The Morgan fingerprint density at radius 2 is 2.27 bits per heavy atom. The number of nitro groups is 1. The van der Waals surface area contributed by atoms with Gasteiger partial charge in [0.1, 0.15) is 0 Å². The molecule has 0 aromatic heterocycles. The maximum atomic E-state index is 10.8. The average Bonchev–Trinajstić information content (AvgIpc) is 1.93. The molecule has 1 aliphatic rings. The molecule has 0 heterocycles. The minimum absolute atomic E-state index is 0.302. The lowest BCUT2D eigenvalue weighted by Gasteiger charge is -2.06. The molecule has 0 amide bonds. The first kappa shape index (κ1) is 7.46. The first-order valence-corrected chi connectivity index (χ1v) is 2.99. The van der Waals surface area contributed by atoms with Crippen LogP contribution in [0, 0.1) is 10.1 Å². The zero-order chi connectivity index (χ0) is 8.27. The van der Waals surface area contributed by atoms with E-state index in [4.69, 9.17) is 0 Å². The third-order valence-electron chi connectivity index (χ3n) is 1.23. The number of rotatable bonds is 2. The standard InChI is InChI=1S/C6H6N2O3/c9-6-4-2-1-3-5(6)7-8(10)11/h1-5,7H. The average molecular weight is 154 g/mol. The van der Waals surface area contributed by atoms with Crippen LogP contribution in [0.5, 0.6) is 0 Å². The van der Waals surface area contributed by atoms with Gasteiger partial charge >= 0.3 is 0 Å². The van der Waals surface area contributed by atoms with Gasteiger partial charge in [0, 0.05) is 0 Å². The van der Waals surface area contributed by atoms with E-state index in [0.717, 1.165) is 0 Å². The zero-order valence-electron chi connectivity index (χ0n) is 5.56. The number of carbonyl (C=O) groups excluding carboxylic acids is 1. The summed E-state index contributed by atoms with van der Waals surface area (Å²) in [6, 6.07) is -0.810. The Bertz CT molecular complexity index is 244. The molecular weight excluding hydrogens is 148 g/mol. The van der Waals surface area contributed by atoms with Crippen LogP contribution in [0.15, 0.2) is 24.3 Å². The second kappa shape index (κ2) is 2.96. The van der Waals surface area contributed by atoms with Crippen molar-refractivity contribution >= 4 is 5.78 Å². The van der Waals surface area contributed by atoms with Crippen molar-refractivity contribution in [3.05, 3.63) is 34.4 Å². The van der Waals surface area contributed by atoms with E-state index in [1.54, 1.807) is 12.2 Å². The van der Waals surface area contributed by atoms with Crippen molar-refractivity contribution in [2.75, 3.05) is 0 Å². The first-order chi connectivity index (χ1) is 5.20. The van der Waals surface area contributed by atoms with Crippen LogP contribution in [-0.4, -0.2) is 16.9 Å². The molecule has 0 fully saturated rings. The third kappa shape index (κ3) is 1.89. The molecule has 0 saturated heterocycles. The van der Waals surface area contributed by atoms with Crippen LogP contribution in [0.25, 0.3) is 0 Å². The molecule has 1 N–H and O–H groups in total. The summed E-state index contributed by atoms with van der Waals surface area (Å²) < 4.78 is 0. The highest BCUT2D eigenvalue weighted by Crippen LogP contribution is 1.97. The maximum Gasteiger partial charge on any atom is 0.187 e. The second-order valence-corrected chi connectivity index (χ2v) is 2.01. The van der Waals surface area contributed by atoms with Crippen molar-refractivity contribution in [1.29, 1.82) is 0 Å². The Labute approximate surface area is 62.5 Å². The molecule has 1 atom stereocenters. The smallest absolute Gasteiger partial charge is 0.187 e. The molecule has 1 rings (SSSR count). The number of hydrogen-bond acceptors (Lipinski definition) is 3. The SMILES string of the molecule is O=C1C=CC=CC1N[N+](=O)[O-]. The normalized spacial score (nSPS) is 21.8. The number of nitrogens with one attached hydrogen (secondary N) is 1. The van der Waals surface area contributed by atoms with Gasteiger partial charge in [-0.1, -0.05) is 12.2 Å². The van der Waals surface area contributed by atoms with Gasteiger partial charge in [-0.25, -0.2) is 10.1 Å². The fourth-order valence-corrected chi connectivity index (χ4v) is 0.744. The fraction of sp³-hybridized carbons (Fsp3) is 0.167. The molecule has 0 radical (unpaired) electrons. The van der Waals surface area contributed by atoms with Crippen molar-refractivity contribution in [3.8, 4) is 0 Å². The summed E-state index contributed by atoms with van der Waals surface area (Å²) in [5.74, 6) is -0.302. The summed E-state index contributed by atoms with van der Waals surface area (Å²) in [7, 11) is 0. The highest BCUT2D eigenvalue weighted by molar-refractivity contribution is 5.96. The molecular formula is C6H6N2O3. The maximum absolute atomic E-state index is 10.8. The van der Waals surface area contributed by atoms with Gasteiger partial charge in [0.05, 0.1) is 0 Å². The van der Waals surface area contributed by atoms with Gasteiger partial charge in [-0.15, -0.1) is 5.43 Å². The van der Waals surface area contributed by atoms with Gasteiger partial charge in [0.2, 0.25) is 0 Å². The van der Waals surface area contributed by atoms with Crippen LogP contribution in [-0.2, 0) is 4.79 Å². The van der Waals surface area contributed by atoms with Crippen molar-refractivity contribution < 1.29 is 9.83 Å². The van der Waals surface area contributed by atoms with E-state index in [0.29, 0.717) is 0 Å². The van der Waals surface area contributed by atoms with Crippen LogP contribution >= 0.6 is 0 Å². The van der Waals surface area contributed by atoms with Crippen LogP contribution < -0.4 is 5.43 Å². The first-order valence-electron chi connectivity index (χ1n) is 2.99. The minimum Gasteiger partial charge on any atom is -0.292 e. The molecule has 11 heavy (non-hydrogen) atoms. The highest BCUT2D eigenvalue weighted by Gasteiger charge is 2.18. The molecule has 58 valence electrons. The molecule has 5 heteroatoms. The van der Waals surface area contributed by atoms with Crippen molar-refractivity contribution in [1.82, 2.24) is 5.43 Å². The summed E-state index contributed by atoms with van der Waals surface area (Å²) in [5, 5.41) is 9.17. The van der Waals surface area contributed by atoms with Crippen LogP contribution in [0.1, 0.15) is 0 Å². The summed E-state index contributed by atoms with van der Waals surface area (Å²) in [5.41, 5.74) is 1.87. The van der Waals surface area contributed by atoms with Crippen LogP contribution in [0.2, 0.25) is 0 Å². The number of hydrazine groups is 1. The lowest BCUT2D eigenvalue weighted by atomic mass is 10.1. The lowest BCUT2D eigenvalue weighted by molar-refractivity contribution is -0.546. The molecule has 1 aliphatic carbocycles. The van der Waals surface area contributed by atoms with Gasteiger partial charge in [-0.05, 0) is 12.2 Å². The zero-order valence-corrected chi connectivity index (χ0v) is 5.56. The Kier molecular flexibility index (Phi) is 2.00. The van der Waals surface area contributed by atoms with Gasteiger partial charge in [-0.2, -0.15) is 0 Å². The predicted octanol–water partition coefficient (Wildman–Crippen LogP) is -0.169. The number of carbonyl (C=O) groups is 1. The Balaban J connectivity index is 2.59. The largest absolute Gasteiger partial charge is 0.292 e. The van der Waals surface area contributed by atoms with Crippen LogP contribution in [0.3, 0.4) is 0 Å². The van der Waals surface area contributed by atoms with E-state index in [-0.39, 0.29) is 5.78 Å². The number of ketones is 1. The third-order valence-corrected chi connectivity index (χ3v) is 1.23. The Hall–Kier alpha value is -1.65. The minimum atomic E-state index is -0.810. The molecule has 5 nitrogen and oxygen atoms in total. The van der Waals surface area contributed by atoms with Crippen molar-refractivity contribution in [2.24, 2.45) is 0 Å². The fourth-order valence-electron chi connectivity index (χ4n) is 0.744. The monoisotopic (exact) mass is 154 g/mol.